The molecule has 4 rings (SSSR count). The van der Waals surface area contributed by atoms with Gasteiger partial charge in [0.1, 0.15) is 11.5 Å². The lowest BCUT2D eigenvalue weighted by molar-refractivity contribution is 0.471. The molecule has 130 valence electrons. The average molecular weight is 340 g/mol. The summed E-state index contributed by atoms with van der Waals surface area (Å²) in [6.07, 6.45) is 5.47. The van der Waals surface area contributed by atoms with E-state index in [-0.39, 0.29) is 0 Å². The van der Waals surface area contributed by atoms with Gasteiger partial charge < -0.3 is 4.74 Å². The smallest absolute Gasteiger partial charge is 0.135 e. The normalized spacial score (nSPS) is 13.2. The van der Waals surface area contributed by atoms with E-state index < -0.39 is 0 Å². The third-order valence-corrected chi connectivity index (χ3v) is 4.85. The highest BCUT2D eigenvalue weighted by Gasteiger charge is 2.20. The van der Waals surface area contributed by atoms with E-state index in [1.54, 1.807) is 0 Å². The van der Waals surface area contributed by atoms with Crippen LogP contribution in [0.3, 0.4) is 0 Å². The van der Waals surface area contributed by atoms with Crippen LogP contribution in [0.2, 0.25) is 0 Å². The van der Waals surface area contributed by atoms with Crippen LogP contribution in [0, 0.1) is 0 Å². The van der Waals surface area contributed by atoms with Gasteiger partial charge in [-0.3, -0.25) is 0 Å². The van der Waals surface area contributed by atoms with E-state index in [1.807, 2.05) is 0 Å². The summed E-state index contributed by atoms with van der Waals surface area (Å²) in [5, 5.41) is 2.38. The first-order chi connectivity index (χ1) is 12.8. The molecule has 26 heavy (non-hydrogen) atoms. The quantitative estimate of drug-likeness (QED) is 0.497. The summed E-state index contributed by atoms with van der Waals surface area (Å²) in [5.74, 6) is 1.92. The molecule has 0 N–H and O–H groups in total. The Morgan fingerprint density at radius 3 is 2.46 bits per heavy atom. The van der Waals surface area contributed by atoms with Gasteiger partial charge in [-0.25, -0.2) is 0 Å². The van der Waals surface area contributed by atoms with Gasteiger partial charge in [-0.05, 0) is 47.4 Å². The fourth-order valence-electron chi connectivity index (χ4n) is 3.67. The van der Waals surface area contributed by atoms with Gasteiger partial charge in [0.2, 0.25) is 0 Å². The molecule has 1 heterocycles. The molecule has 0 aromatic heterocycles. The molecule has 0 bridgehead atoms. The third-order valence-electron chi connectivity index (χ3n) is 4.85. The average Bonchev–Trinajstić information content (AvgIpc) is 2.67. The van der Waals surface area contributed by atoms with Gasteiger partial charge >= 0.3 is 0 Å². The third kappa shape index (κ3) is 3.06. The second-order valence-corrected chi connectivity index (χ2v) is 6.79. The summed E-state index contributed by atoms with van der Waals surface area (Å²) in [5.41, 5.74) is 5.00. The molecule has 1 nitrogen and oxygen atoms in total. The largest absolute Gasteiger partial charge is 0.456 e. The zero-order valence-corrected chi connectivity index (χ0v) is 15.5. The monoisotopic (exact) mass is 340 g/mol. The first-order valence-corrected chi connectivity index (χ1v) is 9.51. The molecule has 0 aliphatic carbocycles. The number of fused-ring (bicyclic) bond motifs is 2. The minimum atomic E-state index is 0.951. The molecule has 0 amide bonds. The minimum absolute atomic E-state index is 0.951. The van der Waals surface area contributed by atoms with Crippen molar-refractivity contribution in [1.29, 1.82) is 0 Å². The van der Waals surface area contributed by atoms with Gasteiger partial charge in [0.25, 0.3) is 0 Å². The summed E-state index contributed by atoms with van der Waals surface area (Å²) in [6, 6.07) is 23.8. The number of ether oxygens (including phenoxy) is 1. The van der Waals surface area contributed by atoms with Crippen molar-refractivity contribution in [3.8, 4) is 11.5 Å². The summed E-state index contributed by atoms with van der Waals surface area (Å²) < 4.78 is 6.36. The second-order valence-electron chi connectivity index (χ2n) is 6.79. The Morgan fingerprint density at radius 2 is 1.69 bits per heavy atom. The predicted molar refractivity (Wildman–Crippen MR) is 109 cm³/mol. The Morgan fingerprint density at radius 1 is 0.846 bits per heavy atom. The number of aryl methyl sites for hydroxylation is 1. The lowest BCUT2D eigenvalue weighted by atomic mass is 9.91. The fraction of sp³-hybridized carbons (Fsp3) is 0.200. The maximum absolute atomic E-state index is 6.36. The molecule has 3 aromatic rings. The lowest BCUT2D eigenvalue weighted by Gasteiger charge is -2.22. The Kier molecular flexibility index (Phi) is 4.62. The number of hydrogen-bond acceptors (Lipinski definition) is 1. The Bertz CT molecular complexity index is 1050. The van der Waals surface area contributed by atoms with Crippen LogP contribution < -0.4 is 15.2 Å². The highest BCUT2D eigenvalue weighted by atomic mass is 16.5. The first kappa shape index (κ1) is 16.7. The van der Waals surface area contributed by atoms with Gasteiger partial charge in [0, 0.05) is 16.4 Å². The molecular weight excluding hydrogens is 316 g/mol. The van der Waals surface area contributed by atoms with Crippen molar-refractivity contribution >= 4 is 11.6 Å². The molecule has 0 radical (unpaired) electrons. The summed E-state index contributed by atoms with van der Waals surface area (Å²) in [4.78, 5) is 0. The Balaban J connectivity index is 2.00. The summed E-state index contributed by atoms with van der Waals surface area (Å²) in [7, 11) is 0. The highest BCUT2D eigenvalue weighted by molar-refractivity contribution is 5.85. The van der Waals surface area contributed by atoms with E-state index in [4.69, 9.17) is 4.74 Å². The highest BCUT2D eigenvalue weighted by Crippen LogP contribution is 2.36. The lowest BCUT2D eigenvalue weighted by Crippen LogP contribution is -2.20. The molecule has 1 aliphatic rings. The maximum Gasteiger partial charge on any atom is 0.135 e. The molecule has 1 heteroatoms. The van der Waals surface area contributed by atoms with Crippen molar-refractivity contribution in [3.05, 3.63) is 93.9 Å². The molecule has 0 atom stereocenters. The summed E-state index contributed by atoms with van der Waals surface area (Å²) >= 11 is 0. The van der Waals surface area contributed by atoms with Crippen LogP contribution in [-0.4, -0.2) is 0 Å². The maximum atomic E-state index is 6.36. The molecular formula is C25H24O. The molecule has 0 saturated carbocycles. The molecule has 0 unspecified atom stereocenters. The number of hydrogen-bond donors (Lipinski definition) is 0. The van der Waals surface area contributed by atoms with Crippen molar-refractivity contribution < 1.29 is 4.74 Å². The summed E-state index contributed by atoms with van der Waals surface area (Å²) in [6.45, 7) is 4.37. The van der Waals surface area contributed by atoms with Crippen LogP contribution in [-0.2, 0) is 6.42 Å². The number of rotatable bonds is 4. The van der Waals surface area contributed by atoms with Crippen LogP contribution in [0.25, 0.3) is 11.6 Å². The Hall–Kier alpha value is -2.80. The Labute approximate surface area is 155 Å². The molecule has 0 spiro atoms. The van der Waals surface area contributed by atoms with Crippen molar-refractivity contribution in [2.75, 3.05) is 0 Å². The van der Waals surface area contributed by atoms with Gasteiger partial charge in [0.15, 0.2) is 0 Å². The fourth-order valence-corrected chi connectivity index (χ4v) is 3.67. The van der Waals surface area contributed by atoms with E-state index in [9.17, 15) is 0 Å². The zero-order valence-electron chi connectivity index (χ0n) is 15.5. The van der Waals surface area contributed by atoms with Crippen molar-refractivity contribution in [1.82, 2.24) is 0 Å². The van der Waals surface area contributed by atoms with Crippen LogP contribution in [0.4, 0.5) is 0 Å². The minimum Gasteiger partial charge on any atom is -0.456 e. The topological polar surface area (TPSA) is 9.23 Å². The van der Waals surface area contributed by atoms with Crippen LogP contribution in [0.15, 0.2) is 66.7 Å². The second kappa shape index (κ2) is 7.21. The molecule has 0 fully saturated rings. The van der Waals surface area contributed by atoms with Gasteiger partial charge in [-0.2, -0.15) is 0 Å². The predicted octanol–water partition coefficient (Wildman–Crippen LogP) is 5.18. The van der Waals surface area contributed by atoms with E-state index >= 15 is 0 Å². The number of benzene rings is 3. The van der Waals surface area contributed by atoms with Gasteiger partial charge in [-0.15, -0.1) is 0 Å². The van der Waals surface area contributed by atoms with E-state index in [2.05, 4.69) is 86.7 Å². The first-order valence-electron chi connectivity index (χ1n) is 9.51. The van der Waals surface area contributed by atoms with Crippen LogP contribution in [0.1, 0.15) is 43.4 Å². The van der Waals surface area contributed by atoms with Gasteiger partial charge in [0.05, 0.1) is 0 Å². The van der Waals surface area contributed by atoms with Crippen molar-refractivity contribution in [2.24, 2.45) is 0 Å². The van der Waals surface area contributed by atoms with Gasteiger partial charge in [-0.1, -0.05) is 74.9 Å². The van der Waals surface area contributed by atoms with E-state index in [1.165, 1.54) is 32.7 Å². The van der Waals surface area contributed by atoms with Crippen molar-refractivity contribution in [3.63, 3.8) is 0 Å². The molecule has 3 aromatic carbocycles. The molecule has 0 saturated heterocycles. The van der Waals surface area contributed by atoms with Crippen LogP contribution >= 0.6 is 0 Å². The zero-order chi connectivity index (χ0) is 17.9. The van der Waals surface area contributed by atoms with E-state index in [0.29, 0.717) is 0 Å². The van der Waals surface area contributed by atoms with Crippen LogP contribution in [0.5, 0.6) is 11.5 Å². The SMILES string of the molecule is CC/C=c1\ccc2c(c1)Oc1cc(CCC)ccc1C=2c1ccccc1. The standard InChI is InChI=1S/C25H24O/c1-3-8-18-12-14-21-23(16-18)26-24-17-19(9-4-2)13-15-22(24)25(21)20-10-6-5-7-11-20/h5-8,10-17H,3-4,9H2,1-2H3/b18-8+. The van der Waals surface area contributed by atoms with E-state index in [0.717, 1.165) is 30.8 Å². The van der Waals surface area contributed by atoms with Crippen molar-refractivity contribution in [2.45, 2.75) is 33.1 Å². The molecule has 1 aliphatic heterocycles.